The van der Waals surface area contributed by atoms with Gasteiger partial charge in [0.25, 0.3) is 5.91 Å². The Balaban J connectivity index is 0.000000189. The number of nitrogens with one attached hydrogen (secondary N) is 3. The third-order valence-corrected chi connectivity index (χ3v) is 12.7. The number of carbonyl (C=O) groups is 2. The molecular formula is C51H56Cl3FN12O3. The third-order valence-electron chi connectivity index (χ3n) is 12.1. The topological polar surface area (TPSA) is 246 Å². The van der Waals surface area contributed by atoms with Crippen LogP contribution < -0.4 is 33.2 Å². The normalized spacial score (nSPS) is 18.6. The predicted molar refractivity (Wildman–Crippen MR) is 278 cm³/mol. The Hall–Kier alpha value is -6.72. The molecule has 0 saturated heterocycles. The highest BCUT2D eigenvalue weighted by atomic mass is 35.5. The molecular weight excluding hydrogens is 954 g/mol. The fourth-order valence-corrected chi connectivity index (χ4v) is 9.17. The van der Waals surface area contributed by atoms with Crippen molar-refractivity contribution in [3.8, 4) is 0 Å². The number of hydrogen-bond acceptors (Lipinski definition) is 13. The van der Waals surface area contributed by atoms with Gasteiger partial charge in [-0.1, -0.05) is 83.9 Å². The highest BCUT2D eigenvalue weighted by Gasteiger charge is 2.26. The van der Waals surface area contributed by atoms with Crippen molar-refractivity contribution in [1.29, 1.82) is 0 Å². The molecule has 19 heteroatoms. The number of halogens is 4. The maximum atomic E-state index is 12.6. The van der Waals surface area contributed by atoms with E-state index >= 15 is 0 Å². The number of aromatic carboxylic acids is 1. The monoisotopic (exact) mass is 1010 g/mol. The van der Waals surface area contributed by atoms with Crippen LogP contribution in [0.15, 0.2) is 110 Å². The zero-order chi connectivity index (χ0) is 49.6. The largest absolute Gasteiger partial charge is 0.478 e. The van der Waals surface area contributed by atoms with Crippen molar-refractivity contribution < 1.29 is 20.5 Å². The number of rotatable bonds is 9. The fourth-order valence-electron chi connectivity index (χ4n) is 8.78. The smallest absolute Gasteiger partial charge is 0.337 e. The van der Waals surface area contributed by atoms with Crippen LogP contribution in [-0.4, -0.2) is 78.2 Å². The first-order valence-corrected chi connectivity index (χ1v) is 23.4. The van der Waals surface area contributed by atoms with E-state index in [1.54, 1.807) is 24.5 Å². The van der Waals surface area contributed by atoms with Crippen molar-refractivity contribution in [2.45, 2.75) is 88.4 Å². The second-order valence-corrected chi connectivity index (χ2v) is 17.7. The summed E-state index contributed by atoms with van der Waals surface area (Å²) in [5, 5.41) is 19.5. The van der Waals surface area contributed by atoms with Crippen LogP contribution in [0.2, 0.25) is 10.0 Å². The van der Waals surface area contributed by atoms with E-state index in [1.807, 2.05) is 12.1 Å². The van der Waals surface area contributed by atoms with E-state index in [0.29, 0.717) is 45.2 Å². The number of allylic oxidation sites excluding steroid dienone is 2. The summed E-state index contributed by atoms with van der Waals surface area (Å²) in [6.45, 7) is 0. The first-order chi connectivity index (χ1) is 33.9. The lowest BCUT2D eigenvalue weighted by molar-refractivity contribution is 0.0696. The van der Waals surface area contributed by atoms with Gasteiger partial charge in [0, 0.05) is 47.7 Å². The molecule has 366 valence electrons. The third kappa shape index (κ3) is 13.7. The van der Waals surface area contributed by atoms with Crippen molar-refractivity contribution in [2.24, 2.45) is 5.73 Å². The summed E-state index contributed by atoms with van der Waals surface area (Å²) in [7, 11) is -1.00. The molecule has 0 radical (unpaired) electrons. The SMILES string of the molecule is Cl.N[C@H]1CCC[C@@H](Nc2ncc(Cl)c(C3=CCc4ccccc43)n2)C1.Nc1ccc(C(=O)N[C@H]2CCC[C@@H](Nc3ncc(Cl)c(C4=CCc5ccccc54)n3)C2)cn1.Nc1ccc(C(=O)O)cn1.[2H]CF. The number of alkyl halides is 1. The van der Waals surface area contributed by atoms with E-state index in [2.05, 4.69) is 84.4 Å². The molecule has 0 spiro atoms. The number of carboxylic acids is 1. The first kappa shape index (κ1) is 51.1. The van der Waals surface area contributed by atoms with Gasteiger partial charge in [-0.25, -0.2) is 34.7 Å². The van der Waals surface area contributed by atoms with E-state index in [-0.39, 0.29) is 42.0 Å². The second kappa shape index (κ2) is 25.2. The maximum absolute atomic E-state index is 12.6. The van der Waals surface area contributed by atoms with Crippen LogP contribution in [0.25, 0.3) is 11.1 Å². The van der Waals surface area contributed by atoms with Gasteiger partial charge in [-0.05, 0) is 111 Å². The average molecular weight is 1010 g/mol. The van der Waals surface area contributed by atoms with Crippen LogP contribution in [0.5, 0.6) is 0 Å². The van der Waals surface area contributed by atoms with E-state index in [0.717, 1.165) is 86.7 Å². The zero-order valence-corrected chi connectivity index (χ0v) is 40.5. The highest BCUT2D eigenvalue weighted by Crippen LogP contribution is 2.37. The molecule has 0 bridgehead atoms. The van der Waals surface area contributed by atoms with E-state index < -0.39 is 13.1 Å². The number of aromatic nitrogens is 6. The summed E-state index contributed by atoms with van der Waals surface area (Å²) in [5.74, 6) is 0.786. The number of anilines is 4. The van der Waals surface area contributed by atoms with Gasteiger partial charge < -0.3 is 38.3 Å². The standard InChI is InChI=1S/C25H25ClN6O.C19H21ClN4.C6H6N2O2.CH3F.ClH/c26-21-14-29-25(32-23(21)20-10-8-15-4-1-2-7-19(15)20)31-18-6-3-5-17(12-18)30-24(33)16-9-11-22(27)28-13-16;20-17-11-22-19(23-14-6-3-5-13(21)10-14)24-18(17)16-9-8-12-4-1-2-7-15(12)16;7-5-2-1-4(3-8-5)6(9)10;1-2;/h1-2,4,7,9-11,13-14,17-18H,3,5-6,8,12H2,(H2,27,28)(H,30,33)(H,29,31,32);1-2,4,7,9,11,13-14H,3,5-6,8,10,21H2,(H,22,23,24);1-3H,(H2,7,8)(H,9,10);1H3;1H/t17-,18+;13-,14+;;;/m00.../s1/i;;;1D;. The lowest BCUT2D eigenvalue weighted by Crippen LogP contribution is -2.42. The Morgan fingerprint density at radius 2 is 1.14 bits per heavy atom. The zero-order valence-electron chi connectivity index (χ0n) is 39.2. The van der Waals surface area contributed by atoms with E-state index in [4.69, 9.17) is 56.8 Å². The molecule has 0 aliphatic heterocycles. The number of benzene rings is 2. The van der Waals surface area contributed by atoms with Crippen molar-refractivity contribution in [1.82, 2.24) is 35.2 Å². The number of nitrogen functional groups attached to an aromatic ring is 2. The number of nitrogens with two attached hydrogens (primary N) is 3. The molecule has 15 nitrogen and oxygen atoms in total. The Morgan fingerprint density at radius 3 is 1.63 bits per heavy atom. The quantitative estimate of drug-likeness (QED) is 0.0713. The minimum atomic E-state index is -1.00. The molecule has 70 heavy (non-hydrogen) atoms. The van der Waals surface area contributed by atoms with Gasteiger partial charge in [0.15, 0.2) is 0 Å². The summed E-state index contributed by atoms with van der Waals surface area (Å²) >= 11 is 12.9. The summed E-state index contributed by atoms with van der Waals surface area (Å²) < 4.78 is 15.5. The predicted octanol–water partition coefficient (Wildman–Crippen LogP) is 9.42. The first-order valence-electron chi connectivity index (χ1n) is 23.3. The summed E-state index contributed by atoms with van der Waals surface area (Å²) in [6.07, 6.45) is 20.3. The Bertz CT molecular complexity index is 2830. The molecule has 6 aromatic rings. The van der Waals surface area contributed by atoms with Crippen molar-refractivity contribution >= 4 is 82.2 Å². The van der Waals surface area contributed by atoms with Gasteiger partial charge in [-0.2, -0.15) is 0 Å². The minimum absolute atomic E-state index is 0. The Labute approximate surface area is 423 Å². The number of amides is 1. The Morgan fingerprint density at radius 1 is 0.671 bits per heavy atom. The number of carboxylic acid groups (broad SMARTS) is 1. The molecule has 0 unspecified atom stereocenters. The highest BCUT2D eigenvalue weighted by molar-refractivity contribution is 6.32. The van der Waals surface area contributed by atoms with E-state index in [9.17, 15) is 14.0 Å². The van der Waals surface area contributed by atoms with Gasteiger partial charge in [-0.3, -0.25) is 9.18 Å². The Kier molecular flexibility index (Phi) is 18.4. The molecule has 4 aromatic heterocycles. The van der Waals surface area contributed by atoms with Crippen LogP contribution in [0, 0.1) is 0 Å². The molecule has 4 aliphatic rings. The number of hydrogen-bond donors (Lipinski definition) is 7. The molecule has 2 saturated carbocycles. The molecule has 2 aromatic carbocycles. The number of nitrogens with zero attached hydrogens (tertiary/aromatic N) is 6. The minimum Gasteiger partial charge on any atom is -0.478 e. The van der Waals surface area contributed by atoms with Gasteiger partial charge in [-0.15, -0.1) is 12.4 Å². The lowest BCUT2D eigenvalue weighted by Gasteiger charge is -2.30. The van der Waals surface area contributed by atoms with Gasteiger partial charge >= 0.3 is 5.97 Å². The summed E-state index contributed by atoms with van der Waals surface area (Å²) in [4.78, 5) is 48.6. The second-order valence-electron chi connectivity index (χ2n) is 16.9. The van der Waals surface area contributed by atoms with Crippen LogP contribution in [0.4, 0.5) is 27.9 Å². The van der Waals surface area contributed by atoms with Crippen LogP contribution >= 0.6 is 35.6 Å². The van der Waals surface area contributed by atoms with Crippen LogP contribution in [0.1, 0.15) is 107 Å². The molecule has 10 rings (SSSR count). The maximum Gasteiger partial charge on any atom is 0.337 e. The molecule has 4 atom stereocenters. The van der Waals surface area contributed by atoms with E-state index in [1.165, 1.54) is 46.8 Å². The number of carbonyl (C=O) groups excluding carboxylic acids is 1. The molecule has 2 fully saturated rings. The van der Waals surface area contributed by atoms with Gasteiger partial charge in [0.2, 0.25) is 11.9 Å². The fraction of sp³-hybridized carbons (Fsp3) is 0.294. The number of pyridine rings is 2. The number of fused-ring (bicyclic) bond motifs is 2. The van der Waals surface area contributed by atoms with Gasteiger partial charge in [0.1, 0.15) is 11.6 Å². The van der Waals surface area contributed by atoms with Crippen molar-refractivity contribution in [3.63, 3.8) is 0 Å². The van der Waals surface area contributed by atoms with Crippen molar-refractivity contribution in [3.05, 3.63) is 165 Å². The molecule has 4 heterocycles. The summed E-state index contributed by atoms with van der Waals surface area (Å²) in [6, 6.07) is 23.7. The average Bonchev–Trinajstić information content (AvgIpc) is 3.99. The molecule has 4 aliphatic carbocycles. The summed E-state index contributed by atoms with van der Waals surface area (Å²) in [5.41, 5.74) is 26.2. The van der Waals surface area contributed by atoms with Crippen molar-refractivity contribution in [2.75, 3.05) is 29.3 Å². The molecule has 1 amide bonds. The molecule has 10 N–H and O–H groups in total. The van der Waals surface area contributed by atoms with Crippen LogP contribution in [-0.2, 0) is 12.8 Å². The lowest BCUT2D eigenvalue weighted by atomic mass is 9.91. The van der Waals surface area contributed by atoms with Crippen LogP contribution in [0.3, 0.4) is 0 Å². The van der Waals surface area contributed by atoms with Gasteiger partial charge in [0.05, 0.1) is 53.5 Å².